The lowest BCUT2D eigenvalue weighted by Crippen LogP contribution is -1.95. The summed E-state index contributed by atoms with van der Waals surface area (Å²) in [6, 6.07) is 6.36. The van der Waals surface area contributed by atoms with Crippen molar-refractivity contribution in [3.63, 3.8) is 0 Å². The largest absolute Gasteiger partial charge is 0.377 e. The Morgan fingerprint density at radius 2 is 1.92 bits per heavy atom. The van der Waals surface area contributed by atoms with Crippen molar-refractivity contribution < 1.29 is 9.66 Å². The molecule has 0 heterocycles. The van der Waals surface area contributed by atoms with Gasteiger partial charge in [0.2, 0.25) is 0 Å². The zero-order chi connectivity index (χ0) is 9.84. The second kappa shape index (κ2) is 4.00. The topological polar surface area (TPSA) is 52.4 Å². The van der Waals surface area contributed by atoms with Crippen LogP contribution in [0.4, 0.5) is 5.69 Å². The number of rotatable bonds is 3. The SMILES string of the molecule is COC(C)c1ccc([N+](=O)[O-])cc1. The molecular weight excluding hydrogens is 170 g/mol. The molecular formula is C9H11NO3. The molecule has 0 spiro atoms. The molecule has 0 amide bonds. The third-order valence-corrected chi connectivity index (χ3v) is 1.93. The van der Waals surface area contributed by atoms with Gasteiger partial charge in [0.25, 0.3) is 5.69 Å². The maximum absolute atomic E-state index is 10.3. The summed E-state index contributed by atoms with van der Waals surface area (Å²) in [6.45, 7) is 1.89. The molecule has 0 bridgehead atoms. The van der Waals surface area contributed by atoms with Gasteiger partial charge in [-0.3, -0.25) is 10.1 Å². The number of methoxy groups -OCH3 is 1. The monoisotopic (exact) mass is 181 g/mol. The van der Waals surface area contributed by atoms with E-state index in [1.807, 2.05) is 6.92 Å². The van der Waals surface area contributed by atoms with Gasteiger partial charge in [0, 0.05) is 19.2 Å². The van der Waals surface area contributed by atoms with Crippen molar-refractivity contribution in [2.45, 2.75) is 13.0 Å². The number of nitro benzene ring substituents is 1. The Morgan fingerprint density at radius 3 is 2.31 bits per heavy atom. The fourth-order valence-electron chi connectivity index (χ4n) is 1.00. The first-order chi connectivity index (χ1) is 6.15. The molecule has 0 aliphatic carbocycles. The zero-order valence-corrected chi connectivity index (χ0v) is 7.56. The molecule has 0 saturated heterocycles. The Hall–Kier alpha value is -1.42. The van der Waals surface area contributed by atoms with Crippen LogP contribution in [0.3, 0.4) is 0 Å². The summed E-state index contributed by atoms with van der Waals surface area (Å²) < 4.78 is 5.07. The van der Waals surface area contributed by atoms with Gasteiger partial charge >= 0.3 is 0 Å². The number of nitrogens with zero attached hydrogens (tertiary/aromatic N) is 1. The van der Waals surface area contributed by atoms with Crippen LogP contribution in [-0.2, 0) is 4.74 Å². The first-order valence-corrected chi connectivity index (χ1v) is 3.92. The molecule has 1 unspecified atom stereocenters. The van der Waals surface area contributed by atoms with E-state index in [0.717, 1.165) is 5.56 Å². The third-order valence-electron chi connectivity index (χ3n) is 1.93. The number of ether oxygens (including phenoxy) is 1. The van der Waals surface area contributed by atoms with Crippen LogP contribution in [-0.4, -0.2) is 12.0 Å². The van der Waals surface area contributed by atoms with Crippen molar-refractivity contribution in [2.75, 3.05) is 7.11 Å². The summed E-state index contributed by atoms with van der Waals surface area (Å²) >= 11 is 0. The molecule has 1 aromatic carbocycles. The van der Waals surface area contributed by atoms with Crippen LogP contribution >= 0.6 is 0 Å². The highest BCUT2D eigenvalue weighted by molar-refractivity contribution is 5.33. The number of benzene rings is 1. The lowest BCUT2D eigenvalue weighted by Gasteiger charge is -2.08. The summed E-state index contributed by atoms with van der Waals surface area (Å²) in [7, 11) is 1.60. The molecule has 4 heteroatoms. The number of hydrogen-bond donors (Lipinski definition) is 0. The maximum Gasteiger partial charge on any atom is 0.269 e. The Morgan fingerprint density at radius 1 is 1.38 bits per heavy atom. The lowest BCUT2D eigenvalue weighted by molar-refractivity contribution is -0.384. The van der Waals surface area contributed by atoms with Crippen LogP contribution in [0.25, 0.3) is 0 Å². The second-order valence-corrected chi connectivity index (χ2v) is 2.73. The molecule has 0 radical (unpaired) electrons. The van der Waals surface area contributed by atoms with Crippen molar-refractivity contribution in [1.82, 2.24) is 0 Å². The molecule has 0 N–H and O–H groups in total. The highest BCUT2D eigenvalue weighted by Crippen LogP contribution is 2.19. The predicted molar refractivity (Wildman–Crippen MR) is 48.5 cm³/mol. The average Bonchev–Trinajstić information content (AvgIpc) is 2.17. The van der Waals surface area contributed by atoms with E-state index in [-0.39, 0.29) is 11.8 Å². The van der Waals surface area contributed by atoms with E-state index in [4.69, 9.17) is 4.74 Å². The molecule has 70 valence electrons. The fraction of sp³-hybridized carbons (Fsp3) is 0.333. The Bertz CT molecular complexity index is 294. The van der Waals surface area contributed by atoms with Crippen molar-refractivity contribution in [1.29, 1.82) is 0 Å². The first kappa shape index (κ1) is 9.67. The van der Waals surface area contributed by atoms with Gasteiger partial charge < -0.3 is 4.74 Å². The van der Waals surface area contributed by atoms with Crippen molar-refractivity contribution in [3.05, 3.63) is 39.9 Å². The van der Waals surface area contributed by atoms with Gasteiger partial charge in [0.15, 0.2) is 0 Å². The second-order valence-electron chi connectivity index (χ2n) is 2.73. The molecule has 13 heavy (non-hydrogen) atoms. The quantitative estimate of drug-likeness (QED) is 0.531. The van der Waals surface area contributed by atoms with Crippen LogP contribution in [0.5, 0.6) is 0 Å². The van der Waals surface area contributed by atoms with E-state index in [2.05, 4.69) is 0 Å². The standard InChI is InChI=1S/C9H11NO3/c1-7(13-2)8-3-5-9(6-4-8)10(11)12/h3-7H,1-2H3. The molecule has 4 nitrogen and oxygen atoms in total. The number of hydrogen-bond acceptors (Lipinski definition) is 3. The Balaban J connectivity index is 2.87. The smallest absolute Gasteiger partial charge is 0.269 e. The van der Waals surface area contributed by atoms with E-state index >= 15 is 0 Å². The molecule has 0 aromatic heterocycles. The van der Waals surface area contributed by atoms with Crippen LogP contribution in [0.1, 0.15) is 18.6 Å². The molecule has 0 saturated carbocycles. The minimum absolute atomic E-state index is 0.0270. The van der Waals surface area contributed by atoms with E-state index in [1.54, 1.807) is 19.2 Å². The van der Waals surface area contributed by atoms with Crippen LogP contribution in [0.15, 0.2) is 24.3 Å². The van der Waals surface area contributed by atoms with Gasteiger partial charge in [-0.15, -0.1) is 0 Å². The fourth-order valence-corrected chi connectivity index (χ4v) is 1.00. The van der Waals surface area contributed by atoms with Crippen LogP contribution in [0, 0.1) is 10.1 Å². The van der Waals surface area contributed by atoms with Crippen molar-refractivity contribution in [2.24, 2.45) is 0 Å². The molecule has 1 atom stereocenters. The summed E-state index contributed by atoms with van der Waals surface area (Å²) in [4.78, 5) is 9.91. The molecule has 0 aliphatic rings. The normalized spacial score (nSPS) is 12.5. The highest BCUT2D eigenvalue weighted by Gasteiger charge is 2.07. The van der Waals surface area contributed by atoms with Crippen LogP contribution < -0.4 is 0 Å². The lowest BCUT2D eigenvalue weighted by atomic mass is 10.1. The van der Waals surface area contributed by atoms with Crippen molar-refractivity contribution >= 4 is 5.69 Å². The third kappa shape index (κ3) is 2.26. The van der Waals surface area contributed by atoms with Crippen molar-refractivity contribution in [3.8, 4) is 0 Å². The number of nitro groups is 1. The molecule has 1 aromatic rings. The van der Waals surface area contributed by atoms with Gasteiger partial charge in [0.1, 0.15) is 0 Å². The summed E-state index contributed by atoms with van der Waals surface area (Å²) in [6.07, 6.45) is -0.0270. The van der Waals surface area contributed by atoms with Gasteiger partial charge in [-0.25, -0.2) is 0 Å². The zero-order valence-electron chi connectivity index (χ0n) is 7.56. The minimum atomic E-state index is -0.415. The summed E-state index contributed by atoms with van der Waals surface area (Å²) in [5.74, 6) is 0. The average molecular weight is 181 g/mol. The maximum atomic E-state index is 10.3. The molecule has 0 aliphatic heterocycles. The minimum Gasteiger partial charge on any atom is -0.377 e. The van der Waals surface area contributed by atoms with E-state index in [1.165, 1.54) is 12.1 Å². The Kier molecular flexibility index (Phi) is 2.97. The predicted octanol–water partition coefficient (Wildman–Crippen LogP) is 2.30. The summed E-state index contributed by atoms with van der Waals surface area (Å²) in [5, 5.41) is 10.3. The molecule has 0 fully saturated rings. The van der Waals surface area contributed by atoms with E-state index < -0.39 is 4.92 Å². The van der Waals surface area contributed by atoms with E-state index in [0.29, 0.717) is 0 Å². The van der Waals surface area contributed by atoms with E-state index in [9.17, 15) is 10.1 Å². The van der Waals surface area contributed by atoms with Crippen LogP contribution in [0.2, 0.25) is 0 Å². The van der Waals surface area contributed by atoms with Gasteiger partial charge in [-0.2, -0.15) is 0 Å². The molecule has 1 rings (SSSR count). The highest BCUT2D eigenvalue weighted by atomic mass is 16.6. The first-order valence-electron chi connectivity index (χ1n) is 3.92. The summed E-state index contributed by atoms with van der Waals surface area (Å²) in [5.41, 5.74) is 1.04. The van der Waals surface area contributed by atoms with Gasteiger partial charge in [-0.1, -0.05) is 0 Å². The van der Waals surface area contributed by atoms with Gasteiger partial charge in [-0.05, 0) is 24.6 Å². The number of non-ortho nitro benzene ring substituents is 1. The van der Waals surface area contributed by atoms with Gasteiger partial charge in [0.05, 0.1) is 11.0 Å². The Labute approximate surface area is 76.3 Å².